The van der Waals surface area contributed by atoms with Gasteiger partial charge in [0.15, 0.2) is 0 Å². The fourth-order valence-corrected chi connectivity index (χ4v) is 3.26. The average molecular weight is 370 g/mol. The second-order valence-electron chi connectivity index (χ2n) is 5.74. The smallest absolute Gasteiger partial charge is 0.296 e. The number of amides is 2. The Morgan fingerprint density at radius 2 is 1.65 bits per heavy atom. The minimum Gasteiger partial charge on any atom is -0.326 e. The number of Topliss-reactive ketones (excluding diaryl/α,β-unsaturated/α-hetero) is 1. The minimum absolute atomic E-state index is 0.159. The summed E-state index contributed by atoms with van der Waals surface area (Å²) in [6.45, 7) is 3.50. The highest BCUT2D eigenvalue weighted by atomic mass is 32.2. The highest BCUT2D eigenvalue weighted by Gasteiger charge is 2.20. The highest BCUT2D eigenvalue weighted by molar-refractivity contribution is 7.99. The van der Waals surface area contributed by atoms with Gasteiger partial charge in [0.1, 0.15) is 0 Å². The van der Waals surface area contributed by atoms with Crippen LogP contribution in [0.3, 0.4) is 0 Å². The molecule has 0 saturated carbocycles. The van der Waals surface area contributed by atoms with Crippen molar-refractivity contribution in [3.8, 4) is 0 Å². The van der Waals surface area contributed by atoms with Gasteiger partial charge in [-0.2, -0.15) is 0 Å². The zero-order valence-corrected chi connectivity index (χ0v) is 15.7. The van der Waals surface area contributed by atoms with Gasteiger partial charge in [0, 0.05) is 17.5 Å². The lowest BCUT2D eigenvalue weighted by molar-refractivity contribution is -0.114. The Hall–Kier alpha value is -2.60. The van der Waals surface area contributed by atoms with Crippen molar-refractivity contribution in [3.63, 3.8) is 0 Å². The van der Waals surface area contributed by atoms with E-state index < -0.39 is 11.7 Å². The Morgan fingerprint density at radius 3 is 2.31 bits per heavy atom. The van der Waals surface area contributed by atoms with E-state index in [0.717, 1.165) is 23.5 Å². The zero-order chi connectivity index (χ0) is 18.9. The molecule has 5 nitrogen and oxygen atoms in total. The zero-order valence-electron chi connectivity index (χ0n) is 14.9. The molecule has 26 heavy (non-hydrogen) atoms. The van der Waals surface area contributed by atoms with Crippen molar-refractivity contribution in [1.29, 1.82) is 0 Å². The summed E-state index contributed by atoms with van der Waals surface area (Å²) >= 11 is 1.76. The molecule has 0 aliphatic rings. The molecule has 136 valence electrons. The third-order valence-corrected chi connectivity index (χ3v) is 4.67. The van der Waals surface area contributed by atoms with E-state index in [0.29, 0.717) is 11.4 Å². The van der Waals surface area contributed by atoms with Crippen LogP contribution < -0.4 is 10.6 Å². The number of benzene rings is 2. The van der Waals surface area contributed by atoms with Gasteiger partial charge in [0.05, 0.1) is 11.3 Å². The number of nitrogens with one attached hydrogen (secondary N) is 2. The molecule has 0 bridgehead atoms. The van der Waals surface area contributed by atoms with Crippen LogP contribution in [0.4, 0.5) is 11.4 Å². The van der Waals surface area contributed by atoms with Crippen molar-refractivity contribution in [1.82, 2.24) is 0 Å². The fraction of sp³-hybridized carbons (Fsp3) is 0.250. The molecule has 0 aromatic heterocycles. The third-order valence-electron chi connectivity index (χ3n) is 3.57. The van der Waals surface area contributed by atoms with Gasteiger partial charge in [-0.05, 0) is 48.6 Å². The van der Waals surface area contributed by atoms with E-state index in [4.69, 9.17) is 0 Å². The normalized spacial score (nSPS) is 10.2. The van der Waals surface area contributed by atoms with Crippen molar-refractivity contribution in [3.05, 3.63) is 54.1 Å². The number of hydrogen-bond acceptors (Lipinski definition) is 4. The number of carbonyl (C=O) groups is 3. The average Bonchev–Trinajstić information content (AvgIpc) is 2.63. The summed E-state index contributed by atoms with van der Waals surface area (Å²) in [7, 11) is 0. The van der Waals surface area contributed by atoms with E-state index in [2.05, 4.69) is 17.6 Å². The number of para-hydroxylation sites is 1. The van der Waals surface area contributed by atoms with Crippen LogP contribution in [0.2, 0.25) is 0 Å². The van der Waals surface area contributed by atoms with Crippen molar-refractivity contribution < 1.29 is 14.4 Å². The first-order chi connectivity index (χ1) is 12.5. The molecule has 0 radical (unpaired) electrons. The quantitative estimate of drug-likeness (QED) is 0.313. The number of thioether (sulfide) groups is 1. The van der Waals surface area contributed by atoms with Crippen molar-refractivity contribution in [2.45, 2.75) is 31.6 Å². The largest absolute Gasteiger partial charge is 0.326 e. The topological polar surface area (TPSA) is 75.3 Å². The van der Waals surface area contributed by atoms with Gasteiger partial charge in [-0.3, -0.25) is 14.4 Å². The fourth-order valence-electron chi connectivity index (χ4n) is 2.26. The first-order valence-electron chi connectivity index (χ1n) is 8.46. The monoisotopic (exact) mass is 370 g/mol. The Bertz CT molecular complexity index is 788. The molecule has 6 heteroatoms. The summed E-state index contributed by atoms with van der Waals surface area (Å²) in [5, 5.41) is 5.17. The van der Waals surface area contributed by atoms with Gasteiger partial charge < -0.3 is 10.6 Å². The lowest BCUT2D eigenvalue weighted by Gasteiger charge is -2.09. The Morgan fingerprint density at radius 1 is 0.962 bits per heavy atom. The molecule has 0 saturated heterocycles. The maximum atomic E-state index is 12.4. The maximum absolute atomic E-state index is 12.4. The third kappa shape index (κ3) is 5.74. The molecule has 0 heterocycles. The Balaban J connectivity index is 2.03. The van der Waals surface area contributed by atoms with Crippen molar-refractivity contribution in [2.24, 2.45) is 0 Å². The molecular formula is C20H22N2O3S. The maximum Gasteiger partial charge on any atom is 0.296 e. The summed E-state index contributed by atoms with van der Waals surface area (Å²) in [5.41, 5.74) is 1.04. The summed E-state index contributed by atoms with van der Waals surface area (Å²) in [5.74, 6) is -0.688. The minimum atomic E-state index is -0.741. The predicted octanol–water partition coefficient (Wildman–Crippen LogP) is 4.36. The van der Waals surface area contributed by atoms with Crippen LogP contribution in [-0.2, 0) is 9.59 Å². The number of hydrogen-bond donors (Lipinski definition) is 2. The van der Waals surface area contributed by atoms with E-state index in [9.17, 15) is 14.4 Å². The van der Waals surface area contributed by atoms with Gasteiger partial charge in [0.2, 0.25) is 5.91 Å². The lowest BCUT2D eigenvalue weighted by atomic mass is 10.1. The molecular weight excluding hydrogens is 348 g/mol. The summed E-state index contributed by atoms with van der Waals surface area (Å²) in [4.78, 5) is 37.1. The Kier molecular flexibility index (Phi) is 7.41. The summed E-state index contributed by atoms with van der Waals surface area (Å²) < 4.78 is 0. The van der Waals surface area contributed by atoms with E-state index in [1.807, 2.05) is 12.1 Å². The van der Waals surface area contributed by atoms with E-state index in [1.54, 1.807) is 42.1 Å². The molecule has 0 fully saturated rings. The van der Waals surface area contributed by atoms with Crippen LogP contribution in [0, 0.1) is 0 Å². The molecule has 2 N–H and O–H groups in total. The first kappa shape index (κ1) is 19.7. The van der Waals surface area contributed by atoms with Gasteiger partial charge in [0.25, 0.3) is 11.7 Å². The van der Waals surface area contributed by atoms with Crippen LogP contribution in [0.25, 0.3) is 0 Å². The van der Waals surface area contributed by atoms with E-state index in [1.165, 1.54) is 13.0 Å². The number of carbonyl (C=O) groups excluding carboxylic acids is 3. The van der Waals surface area contributed by atoms with Crippen molar-refractivity contribution in [2.75, 3.05) is 16.4 Å². The second kappa shape index (κ2) is 9.77. The van der Waals surface area contributed by atoms with Crippen LogP contribution in [-0.4, -0.2) is 23.4 Å². The molecule has 0 atom stereocenters. The molecule has 0 aliphatic heterocycles. The molecule has 2 aromatic carbocycles. The SMILES string of the molecule is CCCCSc1ccc(NC(=O)C(=O)c2ccccc2NC(C)=O)cc1. The van der Waals surface area contributed by atoms with Crippen molar-refractivity contribution >= 4 is 40.7 Å². The second-order valence-corrected chi connectivity index (χ2v) is 6.90. The highest BCUT2D eigenvalue weighted by Crippen LogP contribution is 2.22. The predicted molar refractivity (Wildman–Crippen MR) is 106 cm³/mol. The van der Waals surface area contributed by atoms with E-state index in [-0.39, 0.29) is 11.5 Å². The number of unbranched alkanes of at least 4 members (excludes halogenated alkanes) is 1. The van der Waals surface area contributed by atoms with Crippen LogP contribution in [0.15, 0.2) is 53.4 Å². The van der Waals surface area contributed by atoms with Crippen LogP contribution >= 0.6 is 11.8 Å². The molecule has 2 aromatic rings. The standard InChI is InChI=1S/C20H22N2O3S/c1-3-4-13-26-16-11-9-15(10-12-16)22-20(25)19(24)17-7-5-6-8-18(17)21-14(2)23/h5-12H,3-4,13H2,1-2H3,(H,21,23)(H,22,25). The van der Waals surface area contributed by atoms with Crippen LogP contribution in [0.5, 0.6) is 0 Å². The lowest BCUT2D eigenvalue weighted by Crippen LogP contribution is -2.24. The molecule has 2 rings (SSSR count). The summed E-state index contributed by atoms with van der Waals surface area (Å²) in [6.07, 6.45) is 2.31. The summed E-state index contributed by atoms with van der Waals surface area (Å²) in [6, 6.07) is 13.8. The molecule has 0 aliphatic carbocycles. The first-order valence-corrected chi connectivity index (χ1v) is 9.45. The number of rotatable bonds is 8. The Labute approximate surface area is 157 Å². The van der Waals surface area contributed by atoms with Gasteiger partial charge in [-0.25, -0.2) is 0 Å². The molecule has 2 amide bonds. The van der Waals surface area contributed by atoms with Crippen LogP contribution in [0.1, 0.15) is 37.0 Å². The van der Waals surface area contributed by atoms with E-state index >= 15 is 0 Å². The van der Waals surface area contributed by atoms with Gasteiger partial charge >= 0.3 is 0 Å². The number of ketones is 1. The van der Waals surface area contributed by atoms with Gasteiger partial charge in [-0.15, -0.1) is 11.8 Å². The molecule has 0 spiro atoms. The molecule has 0 unspecified atom stereocenters. The number of anilines is 2. The van der Waals surface area contributed by atoms with Gasteiger partial charge in [-0.1, -0.05) is 25.5 Å².